The normalized spacial score (nSPS) is 11.8. The highest BCUT2D eigenvalue weighted by atomic mass is 79.9. The summed E-state index contributed by atoms with van der Waals surface area (Å²) in [6.07, 6.45) is 0.945. The van der Waals surface area contributed by atoms with Gasteiger partial charge in [0.15, 0.2) is 0 Å². The fourth-order valence-corrected chi connectivity index (χ4v) is 4.73. The van der Waals surface area contributed by atoms with Crippen molar-refractivity contribution in [1.82, 2.24) is 9.80 Å². The molecule has 0 bridgehead atoms. The molecule has 174 valence electrons. The third kappa shape index (κ3) is 7.54. The summed E-state index contributed by atoms with van der Waals surface area (Å²) in [6, 6.07) is 21.5. The zero-order chi connectivity index (χ0) is 23.8. The van der Waals surface area contributed by atoms with E-state index in [1.807, 2.05) is 47.4 Å². The van der Waals surface area contributed by atoms with Gasteiger partial charge in [-0.05, 0) is 54.8 Å². The van der Waals surface area contributed by atoms with Gasteiger partial charge in [-0.25, -0.2) is 0 Å². The summed E-state index contributed by atoms with van der Waals surface area (Å²) in [5, 5.41) is 0. The van der Waals surface area contributed by atoms with Gasteiger partial charge < -0.3 is 9.80 Å². The first-order valence-electron chi connectivity index (χ1n) is 11.3. The summed E-state index contributed by atoms with van der Waals surface area (Å²) < 4.78 is 0.920. The van der Waals surface area contributed by atoms with Gasteiger partial charge in [-0.2, -0.15) is 0 Å². The maximum absolute atomic E-state index is 13.6. The van der Waals surface area contributed by atoms with Crippen LogP contribution in [0.2, 0.25) is 0 Å². The van der Waals surface area contributed by atoms with Crippen LogP contribution in [-0.4, -0.2) is 34.7 Å². The summed E-state index contributed by atoms with van der Waals surface area (Å²) in [4.78, 5) is 32.8. The second-order valence-corrected chi connectivity index (χ2v) is 10.7. The first-order chi connectivity index (χ1) is 15.9. The maximum atomic E-state index is 13.6. The lowest BCUT2D eigenvalue weighted by molar-refractivity contribution is -0.133. The zero-order valence-corrected chi connectivity index (χ0v) is 21.9. The smallest absolute Gasteiger partial charge is 0.254 e. The van der Waals surface area contributed by atoms with Crippen molar-refractivity contribution in [3.63, 3.8) is 0 Å². The Kier molecular flexibility index (Phi) is 9.27. The number of hydrogen-bond acceptors (Lipinski definition) is 3. The van der Waals surface area contributed by atoms with Crippen molar-refractivity contribution in [2.75, 3.05) is 13.1 Å². The summed E-state index contributed by atoms with van der Waals surface area (Å²) in [5.41, 5.74) is 1.67. The lowest BCUT2D eigenvalue weighted by Crippen LogP contribution is -2.44. The van der Waals surface area contributed by atoms with E-state index < -0.39 is 0 Å². The Balaban J connectivity index is 1.82. The lowest BCUT2D eigenvalue weighted by atomic mass is 10.1. The van der Waals surface area contributed by atoms with Gasteiger partial charge in [0, 0.05) is 32.9 Å². The van der Waals surface area contributed by atoms with Crippen LogP contribution in [0.15, 0.2) is 71.2 Å². The predicted molar refractivity (Wildman–Crippen MR) is 139 cm³/mol. The molecule has 2 aromatic carbocycles. The zero-order valence-electron chi connectivity index (χ0n) is 19.5. The molecule has 0 fully saturated rings. The Hall–Kier alpha value is -2.44. The average molecular weight is 528 g/mol. The van der Waals surface area contributed by atoms with Gasteiger partial charge in [0.1, 0.15) is 6.54 Å². The van der Waals surface area contributed by atoms with Crippen molar-refractivity contribution >= 4 is 39.1 Å². The highest BCUT2D eigenvalue weighted by molar-refractivity contribution is 9.10. The fraction of sp³-hybridized carbons (Fsp3) is 0.333. The Morgan fingerprint density at radius 1 is 0.939 bits per heavy atom. The topological polar surface area (TPSA) is 40.6 Å². The van der Waals surface area contributed by atoms with Crippen molar-refractivity contribution in [3.8, 4) is 0 Å². The summed E-state index contributed by atoms with van der Waals surface area (Å²) >= 11 is 5.13. The highest BCUT2D eigenvalue weighted by Gasteiger charge is 2.24. The quantitative estimate of drug-likeness (QED) is 0.301. The number of thiophene rings is 1. The van der Waals surface area contributed by atoms with Crippen LogP contribution in [0, 0.1) is 12.8 Å². The molecule has 6 heteroatoms. The van der Waals surface area contributed by atoms with Crippen LogP contribution in [0.4, 0.5) is 0 Å². The molecule has 2 amide bonds. The lowest BCUT2D eigenvalue weighted by Gasteiger charge is -2.29. The molecule has 1 atom stereocenters. The molecule has 0 aliphatic carbocycles. The molecule has 0 unspecified atom stereocenters. The largest absolute Gasteiger partial charge is 0.332 e. The molecule has 0 N–H and O–H groups in total. The van der Waals surface area contributed by atoms with Gasteiger partial charge in [0.2, 0.25) is 5.91 Å². The van der Waals surface area contributed by atoms with E-state index in [1.54, 1.807) is 28.4 Å². The number of hydrogen-bond donors (Lipinski definition) is 0. The molecule has 0 radical (unpaired) electrons. The van der Waals surface area contributed by atoms with E-state index in [1.165, 1.54) is 4.88 Å². The summed E-state index contributed by atoms with van der Waals surface area (Å²) in [7, 11) is 0. The molecular formula is C27H31BrN2O2S. The summed E-state index contributed by atoms with van der Waals surface area (Å²) in [6.45, 7) is 7.96. The number of nitrogens with zero attached hydrogens (tertiary/aromatic N) is 2. The van der Waals surface area contributed by atoms with Gasteiger partial charge in [-0.1, -0.05) is 66.5 Å². The molecule has 3 aromatic rings. The van der Waals surface area contributed by atoms with Gasteiger partial charge in [0.25, 0.3) is 5.91 Å². The highest BCUT2D eigenvalue weighted by Crippen LogP contribution is 2.20. The van der Waals surface area contributed by atoms with Crippen LogP contribution < -0.4 is 0 Å². The van der Waals surface area contributed by atoms with E-state index in [-0.39, 0.29) is 18.4 Å². The summed E-state index contributed by atoms with van der Waals surface area (Å²) in [5.74, 6) is 0.154. The van der Waals surface area contributed by atoms with Crippen LogP contribution in [0.3, 0.4) is 0 Å². The third-order valence-electron chi connectivity index (χ3n) is 5.65. The second kappa shape index (κ2) is 12.1. The predicted octanol–water partition coefficient (Wildman–Crippen LogP) is 6.54. The molecule has 1 heterocycles. The molecule has 0 saturated carbocycles. The Labute approximate surface area is 209 Å². The number of carbonyl (C=O) groups is 2. The van der Waals surface area contributed by atoms with Crippen LogP contribution >= 0.6 is 27.3 Å². The molecule has 0 aliphatic rings. The Bertz CT molecular complexity index is 1050. The Morgan fingerprint density at radius 3 is 2.24 bits per heavy atom. The minimum atomic E-state index is -0.109. The minimum Gasteiger partial charge on any atom is -0.332 e. The third-order valence-corrected chi connectivity index (χ3v) is 7.16. The van der Waals surface area contributed by atoms with Crippen LogP contribution in [0.25, 0.3) is 0 Å². The van der Waals surface area contributed by atoms with E-state index >= 15 is 0 Å². The van der Waals surface area contributed by atoms with Gasteiger partial charge in [-0.3, -0.25) is 9.59 Å². The second-order valence-electron chi connectivity index (χ2n) is 8.45. The van der Waals surface area contributed by atoms with Gasteiger partial charge in [0.05, 0.1) is 6.54 Å². The van der Waals surface area contributed by atoms with Gasteiger partial charge >= 0.3 is 0 Å². The average Bonchev–Trinajstić information content (AvgIpc) is 3.23. The van der Waals surface area contributed by atoms with Crippen LogP contribution in [-0.2, 0) is 17.9 Å². The first-order valence-corrected chi connectivity index (χ1v) is 12.9. The number of amides is 2. The van der Waals surface area contributed by atoms with E-state index in [0.29, 0.717) is 31.1 Å². The van der Waals surface area contributed by atoms with E-state index in [4.69, 9.17) is 0 Å². The number of carbonyl (C=O) groups excluding carboxylic acids is 2. The molecule has 0 spiro atoms. The van der Waals surface area contributed by atoms with E-state index in [2.05, 4.69) is 48.8 Å². The van der Waals surface area contributed by atoms with Crippen LogP contribution in [0.1, 0.15) is 45.9 Å². The van der Waals surface area contributed by atoms with Crippen molar-refractivity contribution < 1.29 is 9.59 Å². The number of benzene rings is 2. The van der Waals surface area contributed by atoms with E-state index in [9.17, 15) is 9.59 Å². The maximum Gasteiger partial charge on any atom is 0.254 e. The van der Waals surface area contributed by atoms with Crippen molar-refractivity contribution in [2.24, 2.45) is 5.92 Å². The van der Waals surface area contributed by atoms with E-state index in [0.717, 1.165) is 21.3 Å². The molecule has 4 nitrogen and oxygen atoms in total. The van der Waals surface area contributed by atoms with Crippen molar-refractivity contribution in [2.45, 2.75) is 40.3 Å². The SMILES string of the molecule is CC[C@@H](C)CN(CC(=O)N(Cc1ccccc1)Cc1ccc(C)s1)C(=O)c1ccc(Br)cc1. The Morgan fingerprint density at radius 2 is 1.64 bits per heavy atom. The molecule has 3 rings (SSSR count). The standard InChI is InChI=1S/C27H31BrN2O2S/c1-4-20(2)16-30(27(32)23-11-13-24(28)14-12-23)19-26(31)29(17-22-8-6-5-7-9-22)18-25-15-10-21(3)33-25/h5-15,20H,4,16-19H2,1-3H3/t20-/m1/s1. The minimum absolute atomic E-state index is 0.0429. The fourth-order valence-electron chi connectivity index (χ4n) is 3.56. The molecular weight excluding hydrogens is 496 g/mol. The van der Waals surface area contributed by atoms with Crippen molar-refractivity contribution in [1.29, 1.82) is 0 Å². The molecule has 0 saturated heterocycles. The number of aryl methyl sites for hydroxylation is 1. The van der Waals surface area contributed by atoms with Crippen molar-refractivity contribution in [3.05, 3.63) is 92.1 Å². The molecule has 33 heavy (non-hydrogen) atoms. The monoisotopic (exact) mass is 526 g/mol. The number of halogens is 1. The van der Waals surface area contributed by atoms with Gasteiger partial charge in [-0.15, -0.1) is 11.3 Å². The number of rotatable bonds is 10. The molecule has 1 aromatic heterocycles. The first kappa shape index (κ1) is 25.2. The molecule has 0 aliphatic heterocycles. The van der Waals surface area contributed by atoms with Crippen LogP contribution in [0.5, 0.6) is 0 Å².